The average molecular weight is 237 g/mol. The number of hydrogen-bond acceptors (Lipinski definition) is 1. The highest BCUT2D eigenvalue weighted by molar-refractivity contribution is 5.74. The summed E-state index contributed by atoms with van der Waals surface area (Å²) in [6.45, 7) is 8.82. The zero-order valence-electron chi connectivity index (χ0n) is 11.5. The summed E-state index contributed by atoms with van der Waals surface area (Å²) in [5, 5.41) is 3.57. The highest BCUT2D eigenvalue weighted by atomic mass is 14.9. The Bertz CT molecular complexity index is 626. The van der Waals surface area contributed by atoms with Crippen LogP contribution in [0, 0.1) is 20.8 Å². The Kier molecular flexibility index (Phi) is 2.44. The normalized spacial score (nSPS) is 16.8. The molecule has 0 bridgehead atoms. The number of benzene rings is 2. The van der Waals surface area contributed by atoms with Gasteiger partial charge < -0.3 is 5.32 Å². The van der Waals surface area contributed by atoms with Crippen LogP contribution in [0.3, 0.4) is 0 Å². The Morgan fingerprint density at radius 2 is 1.50 bits per heavy atom. The fraction of sp³-hybridized carbons (Fsp3) is 0.294. The number of nitrogens with one attached hydrogen (secondary N) is 1. The van der Waals surface area contributed by atoms with Gasteiger partial charge in [-0.2, -0.15) is 0 Å². The molecule has 0 saturated heterocycles. The zero-order chi connectivity index (χ0) is 12.9. The highest BCUT2D eigenvalue weighted by Gasteiger charge is 2.22. The second kappa shape index (κ2) is 3.88. The SMILES string of the molecule is Cc1ccc2c(c1)[C@H](C)c1cc(C)c(C)cc1N2. The topological polar surface area (TPSA) is 12.0 Å². The molecule has 1 N–H and O–H groups in total. The molecule has 1 aliphatic rings. The molecule has 1 aliphatic heterocycles. The minimum Gasteiger partial charge on any atom is -0.355 e. The van der Waals surface area contributed by atoms with Crippen molar-refractivity contribution < 1.29 is 0 Å². The Morgan fingerprint density at radius 3 is 2.28 bits per heavy atom. The molecule has 0 amide bonds. The van der Waals surface area contributed by atoms with Gasteiger partial charge in [0, 0.05) is 17.3 Å². The van der Waals surface area contributed by atoms with Gasteiger partial charge in [-0.1, -0.05) is 30.7 Å². The number of fused-ring (bicyclic) bond motifs is 2. The van der Waals surface area contributed by atoms with Crippen LogP contribution in [-0.4, -0.2) is 0 Å². The molecular weight excluding hydrogens is 218 g/mol. The maximum absolute atomic E-state index is 3.57. The van der Waals surface area contributed by atoms with Crippen LogP contribution in [0.15, 0.2) is 30.3 Å². The van der Waals surface area contributed by atoms with Gasteiger partial charge in [0.1, 0.15) is 0 Å². The molecule has 1 nitrogen and oxygen atoms in total. The lowest BCUT2D eigenvalue weighted by Crippen LogP contribution is -2.11. The van der Waals surface area contributed by atoms with Crippen molar-refractivity contribution in [1.82, 2.24) is 0 Å². The van der Waals surface area contributed by atoms with Crippen LogP contribution >= 0.6 is 0 Å². The third-order valence-corrected chi connectivity index (χ3v) is 4.08. The van der Waals surface area contributed by atoms with E-state index >= 15 is 0 Å². The number of hydrogen-bond donors (Lipinski definition) is 1. The van der Waals surface area contributed by atoms with E-state index in [1.807, 2.05) is 0 Å². The van der Waals surface area contributed by atoms with Gasteiger partial charge in [0.2, 0.25) is 0 Å². The number of aryl methyl sites for hydroxylation is 3. The molecule has 2 aromatic rings. The van der Waals surface area contributed by atoms with E-state index in [-0.39, 0.29) is 0 Å². The highest BCUT2D eigenvalue weighted by Crippen LogP contribution is 2.42. The van der Waals surface area contributed by atoms with E-state index in [1.54, 1.807) is 0 Å². The van der Waals surface area contributed by atoms with Crippen molar-refractivity contribution in [3.05, 3.63) is 58.1 Å². The van der Waals surface area contributed by atoms with Gasteiger partial charge in [0.25, 0.3) is 0 Å². The quantitative estimate of drug-likeness (QED) is 0.692. The largest absolute Gasteiger partial charge is 0.355 e. The lowest BCUT2D eigenvalue weighted by molar-refractivity contribution is 0.906. The van der Waals surface area contributed by atoms with Gasteiger partial charge in [0.05, 0.1) is 0 Å². The van der Waals surface area contributed by atoms with Crippen molar-refractivity contribution in [2.75, 3.05) is 5.32 Å². The van der Waals surface area contributed by atoms with Crippen molar-refractivity contribution in [3.63, 3.8) is 0 Å². The molecule has 0 radical (unpaired) electrons. The number of rotatable bonds is 0. The summed E-state index contributed by atoms with van der Waals surface area (Å²) in [4.78, 5) is 0. The van der Waals surface area contributed by atoms with Gasteiger partial charge in [0.15, 0.2) is 0 Å². The third kappa shape index (κ3) is 1.62. The van der Waals surface area contributed by atoms with Crippen LogP contribution in [-0.2, 0) is 0 Å². The van der Waals surface area contributed by atoms with E-state index in [0.717, 1.165) is 0 Å². The summed E-state index contributed by atoms with van der Waals surface area (Å²) in [6.07, 6.45) is 0. The van der Waals surface area contributed by atoms with Crippen molar-refractivity contribution in [2.24, 2.45) is 0 Å². The van der Waals surface area contributed by atoms with Crippen molar-refractivity contribution >= 4 is 11.4 Å². The zero-order valence-corrected chi connectivity index (χ0v) is 11.5. The van der Waals surface area contributed by atoms with E-state index in [1.165, 1.54) is 39.2 Å². The average Bonchev–Trinajstić information content (AvgIpc) is 2.33. The number of anilines is 2. The monoisotopic (exact) mass is 237 g/mol. The first-order valence-electron chi connectivity index (χ1n) is 6.55. The fourth-order valence-electron chi connectivity index (χ4n) is 2.77. The minimum absolute atomic E-state index is 0.468. The molecular formula is C17H19N. The molecule has 0 fully saturated rings. The predicted molar refractivity (Wildman–Crippen MR) is 77.9 cm³/mol. The van der Waals surface area contributed by atoms with Crippen LogP contribution < -0.4 is 5.32 Å². The molecule has 0 unspecified atom stereocenters. The van der Waals surface area contributed by atoms with Crippen LogP contribution in [0.25, 0.3) is 0 Å². The summed E-state index contributed by atoms with van der Waals surface area (Å²) in [6, 6.07) is 11.3. The Labute approximate surface area is 109 Å². The first kappa shape index (κ1) is 11.3. The molecule has 0 saturated carbocycles. The van der Waals surface area contributed by atoms with E-state index in [0.29, 0.717) is 5.92 Å². The molecule has 1 atom stereocenters. The maximum atomic E-state index is 3.57. The first-order chi connectivity index (χ1) is 8.56. The molecule has 92 valence electrons. The molecule has 0 spiro atoms. The second-order valence-electron chi connectivity index (χ2n) is 5.46. The maximum Gasteiger partial charge on any atom is 0.0425 e. The van der Waals surface area contributed by atoms with Crippen molar-refractivity contribution in [2.45, 2.75) is 33.6 Å². The Balaban J connectivity index is 2.19. The molecule has 1 heterocycles. The second-order valence-corrected chi connectivity index (χ2v) is 5.46. The van der Waals surface area contributed by atoms with E-state index in [2.05, 4.69) is 63.3 Å². The lowest BCUT2D eigenvalue weighted by atomic mass is 9.85. The smallest absolute Gasteiger partial charge is 0.0425 e. The fourth-order valence-corrected chi connectivity index (χ4v) is 2.77. The predicted octanol–water partition coefficient (Wildman–Crippen LogP) is 4.82. The molecule has 1 heteroatoms. The molecule has 3 rings (SSSR count). The van der Waals surface area contributed by atoms with E-state index < -0.39 is 0 Å². The first-order valence-corrected chi connectivity index (χ1v) is 6.55. The molecule has 0 aliphatic carbocycles. The summed E-state index contributed by atoms with van der Waals surface area (Å²) < 4.78 is 0. The molecule has 2 aromatic carbocycles. The van der Waals surface area contributed by atoms with Gasteiger partial charge in [-0.25, -0.2) is 0 Å². The minimum atomic E-state index is 0.468. The summed E-state index contributed by atoms with van der Waals surface area (Å²) in [5.41, 5.74) is 9.39. The van der Waals surface area contributed by atoms with Crippen LogP contribution in [0.1, 0.15) is 40.7 Å². The van der Waals surface area contributed by atoms with Gasteiger partial charge in [-0.05, 0) is 55.2 Å². The summed E-state index contributed by atoms with van der Waals surface area (Å²) in [7, 11) is 0. The van der Waals surface area contributed by atoms with Gasteiger partial charge in [-0.15, -0.1) is 0 Å². The van der Waals surface area contributed by atoms with Gasteiger partial charge >= 0.3 is 0 Å². The standard InChI is InChI=1S/C17H19N/c1-10-5-6-16-14(7-10)13(4)15-8-11(2)12(3)9-17(15)18-16/h5-9,13,18H,1-4H3/t13-/m0/s1. The van der Waals surface area contributed by atoms with Crippen molar-refractivity contribution in [1.29, 1.82) is 0 Å². The third-order valence-electron chi connectivity index (χ3n) is 4.08. The van der Waals surface area contributed by atoms with Gasteiger partial charge in [-0.3, -0.25) is 0 Å². The molecule has 18 heavy (non-hydrogen) atoms. The van der Waals surface area contributed by atoms with Crippen LogP contribution in [0.2, 0.25) is 0 Å². The van der Waals surface area contributed by atoms with E-state index in [9.17, 15) is 0 Å². The van der Waals surface area contributed by atoms with E-state index in [4.69, 9.17) is 0 Å². The Hall–Kier alpha value is -1.76. The van der Waals surface area contributed by atoms with Crippen LogP contribution in [0.4, 0.5) is 11.4 Å². The summed E-state index contributed by atoms with van der Waals surface area (Å²) >= 11 is 0. The lowest BCUT2D eigenvalue weighted by Gasteiger charge is -2.28. The van der Waals surface area contributed by atoms with Crippen LogP contribution in [0.5, 0.6) is 0 Å². The summed E-state index contributed by atoms with van der Waals surface area (Å²) in [5.74, 6) is 0.468. The Morgan fingerprint density at radius 1 is 0.833 bits per heavy atom. The molecule has 0 aromatic heterocycles. The van der Waals surface area contributed by atoms with Crippen molar-refractivity contribution in [3.8, 4) is 0 Å².